The maximum Gasteiger partial charge on any atom is 0.425 e. The van der Waals surface area contributed by atoms with Crippen LogP contribution < -0.4 is 0 Å². The third-order valence-corrected chi connectivity index (χ3v) is 5.25. The lowest BCUT2D eigenvalue weighted by Gasteiger charge is -2.35. The highest BCUT2D eigenvalue weighted by atomic mass is 19.4. The summed E-state index contributed by atoms with van der Waals surface area (Å²) < 4.78 is 48.6. The van der Waals surface area contributed by atoms with E-state index in [-0.39, 0.29) is 19.8 Å². The number of benzene rings is 1. The molecule has 0 spiro atoms. The van der Waals surface area contributed by atoms with Crippen LogP contribution >= 0.6 is 0 Å². The minimum Gasteiger partial charge on any atom is -0.445 e. The summed E-state index contributed by atoms with van der Waals surface area (Å²) in [6.45, 7) is 5.38. The number of amides is 1. The van der Waals surface area contributed by atoms with Gasteiger partial charge in [0.2, 0.25) is 0 Å². The Morgan fingerprint density at radius 3 is 2.62 bits per heavy atom. The van der Waals surface area contributed by atoms with E-state index < -0.39 is 18.4 Å². The lowest BCUT2D eigenvalue weighted by Crippen LogP contribution is -2.49. The molecule has 1 aromatic carbocycles. The first-order valence-electron chi connectivity index (χ1n) is 10.1. The standard InChI is InChI=1S/C21H25F3N4O4/c1-15-3-4-17(19(9-15)18-10-25-28(12-18)13-31-14-29)11-26-5-7-27(8-6-26)20(30)32-16(2)21(22,23)24/h3-4,9-10,12,14,16H,5-8,11,13H2,1-2H3. The first kappa shape index (κ1) is 23.6. The average molecular weight is 454 g/mol. The van der Waals surface area contributed by atoms with Crippen LogP contribution in [0.4, 0.5) is 18.0 Å². The van der Waals surface area contributed by atoms with Gasteiger partial charge in [-0.15, -0.1) is 0 Å². The molecule has 0 N–H and O–H groups in total. The normalized spacial score (nSPS) is 16.0. The molecule has 1 saturated heterocycles. The number of ether oxygens (including phenoxy) is 2. The Bertz CT molecular complexity index is 939. The Labute approximate surface area is 183 Å². The topological polar surface area (TPSA) is 76.9 Å². The maximum atomic E-state index is 12.6. The number of piperazine rings is 1. The van der Waals surface area contributed by atoms with Crippen LogP contribution in [0.1, 0.15) is 18.1 Å². The fourth-order valence-electron chi connectivity index (χ4n) is 3.40. The van der Waals surface area contributed by atoms with Crippen molar-refractivity contribution in [2.45, 2.75) is 39.4 Å². The SMILES string of the molecule is Cc1ccc(CN2CCN(C(=O)OC(C)C(F)(F)F)CC2)c(-c2cnn(COC=O)c2)c1. The van der Waals surface area contributed by atoms with Crippen LogP contribution in [0.15, 0.2) is 30.6 Å². The van der Waals surface area contributed by atoms with E-state index in [1.807, 2.05) is 25.1 Å². The summed E-state index contributed by atoms with van der Waals surface area (Å²) in [4.78, 5) is 25.8. The lowest BCUT2D eigenvalue weighted by atomic mass is 9.99. The van der Waals surface area contributed by atoms with Crippen molar-refractivity contribution in [3.63, 3.8) is 0 Å². The number of carbonyl (C=O) groups is 2. The van der Waals surface area contributed by atoms with Crippen molar-refractivity contribution in [2.75, 3.05) is 26.2 Å². The van der Waals surface area contributed by atoms with Gasteiger partial charge in [-0.3, -0.25) is 9.69 Å². The molecular formula is C21H25F3N4O4. The molecule has 2 heterocycles. The first-order valence-corrected chi connectivity index (χ1v) is 10.1. The molecule has 32 heavy (non-hydrogen) atoms. The maximum absolute atomic E-state index is 12.6. The van der Waals surface area contributed by atoms with E-state index in [1.165, 1.54) is 9.58 Å². The molecular weight excluding hydrogens is 429 g/mol. The molecule has 3 rings (SSSR count). The number of nitrogens with zero attached hydrogens (tertiary/aromatic N) is 4. The van der Waals surface area contributed by atoms with Gasteiger partial charge in [-0.05, 0) is 25.0 Å². The van der Waals surface area contributed by atoms with Crippen LogP contribution in [0.2, 0.25) is 0 Å². The molecule has 0 aliphatic carbocycles. The van der Waals surface area contributed by atoms with Gasteiger partial charge >= 0.3 is 12.3 Å². The van der Waals surface area contributed by atoms with Crippen LogP contribution in [0.25, 0.3) is 11.1 Å². The van der Waals surface area contributed by atoms with Crippen LogP contribution in [0.3, 0.4) is 0 Å². The molecule has 2 aromatic rings. The van der Waals surface area contributed by atoms with Crippen LogP contribution in [0, 0.1) is 6.92 Å². The van der Waals surface area contributed by atoms with Gasteiger partial charge < -0.3 is 14.4 Å². The minimum atomic E-state index is -4.58. The first-order chi connectivity index (χ1) is 15.2. The van der Waals surface area contributed by atoms with Crippen molar-refractivity contribution in [1.82, 2.24) is 19.6 Å². The Hall–Kier alpha value is -3.08. The zero-order valence-electron chi connectivity index (χ0n) is 17.8. The van der Waals surface area contributed by atoms with E-state index in [0.717, 1.165) is 29.2 Å². The summed E-state index contributed by atoms with van der Waals surface area (Å²) in [6, 6.07) is 6.07. The average Bonchev–Trinajstić information content (AvgIpc) is 3.22. The number of alkyl halides is 3. The minimum absolute atomic E-state index is 0.0235. The molecule has 1 fully saturated rings. The summed E-state index contributed by atoms with van der Waals surface area (Å²) in [7, 11) is 0. The van der Waals surface area contributed by atoms with E-state index in [4.69, 9.17) is 4.74 Å². The third-order valence-electron chi connectivity index (χ3n) is 5.25. The number of hydrogen-bond donors (Lipinski definition) is 0. The van der Waals surface area contributed by atoms with Gasteiger partial charge in [-0.25, -0.2) is 9.48 Å². The second kappa shape index (κ2) is 10.0. The highest BCUT2D eigenvalue weighted by molar-refractivity contribution is 5.68. The number of aryl methyl sites for hydroxylation is 1. The molecule has 1 amide bonds. The van der Waals surface area contributed by atoms with E-state index in [2.05, 4.69) is 14.7 Å². The third kappa shape index (κ3) is 6.00. The predicted molar refractivity (Wildman–Crippen MR) is 108 cm³/mol. The van der Waals surface area contributed by atoms with Gasteiger partial charge in [-0.1, -0.05) is 23.8 Å². The van der Waals surface area contributed by atoms with E-state index in [0.29, 0.717) is 26.1 Å². The van der Waals surface area contributed by atoms with Gasteiger partial charge in [0.05, 0.1) is 6.20 Å². The summed E-state index contributed by atoms with van der Waals surface area (Å²) in [5.74, 6) is 0. The largest absolute Gasteiger partial charge is 0.445 e. The van der Waals surface area contributed by atoms with Crippen molar-refractivity contribution >= 4 is 12.6 Å². The summed E-state index contributed by atoms with van der Waals surface area (Å²) in [6.07, 6.45) is -4.18. The number of hydrogen-bond acceptors (Lipinski definition) is 6. The summed E-state index contributed by atoms with van der Waals surface area (Å²) >= 11 is 0. The van der Waals surface area contributed by atoms with Crippen molar-refractivity contribution < 1.29 is 32.2 Å². The zero-order valence-corrected chi connectivity index (χ0v) is 17.8. The smallest absolute Gasteiger partial charge is 0.425 e. The van der Waals surface area contributed by atoms with Gasteiger partial charge in [-0.2, -0.15) is 18.3 Å². The van der Waals surface area contributed by atoms with Gasteiger partial charge in [0.15, 0.2) is 12.8 Å². The monoisotopic (exact) mass is 454 g/mol. The summed E-state index contributed by atoms with van der Waals surface area (Å²) in [5, 5.41) is 4.20. The fourth-order valence-corrected chi connectivity index (χ4v) is 3.40. The molecule has 0 saturated carbocycles. The molecule has 0 radical (unpaired) electrons. The molecule has 1 atom stereocenters. The Balaban J connectivity index is 1.62. The van der Waals surface area contributed by atoms with Gasteiger partial charge in [0.25, 0.3) is 6.47 Å². The highest BCUT2D eigenvalue weighted by Gasteiger charge is 2.40. The number of carbonyl (C=O) groups excluding carboxylic acids is 2. The van der Waals surface area contributed by atoms with E-state index in [9.17, 15) is 22.8 Å². The fraction of sp³-hybridized carbons (Fsp3) is 0.476. The number of rotatable bonds is 7. The Morgan fingerprint density at radius 2 is 1.97 bits per heavy atom. The second-order valence-corrected chi connectivity index (χ2v) is 7.65. The zero-order chi connectivity index (χ0) is 23.3. The molecule has 1 aliphatic rings. The van der Waals surface area contributed by atoms with Crippen molar-refractivity contribution in [2.24, 2.45) is 0 Å². The van der Waals surface area contributed by atoms with E-state index in [1.54, 1.807) is 12.4 Å². The number of aromatic nitrogens is 2. The molecule has 174 valence electrons. The Kier molecular flexibility index (Phi) is 7.39. The van der Waals surface area contributed by atoms with Crippen LogP contribution in [-0.2, 0) is 27.5 Å². The predicted octanol–water partition coefficient (Wildman–Crippen LogP) is 3.19. The van der Waals surface area contributed by atoms with Crippen LogP contribution in [0.5, 0.6) is 0 Å². The second-order valence-electron chi connectivity index (χ2n) is 7.65. The van der Waals surface area contributed by atoms with Crippen molar-refractivity contribution in [3.05, 3.63) is 41.7 Å². The molecule has 8 nitrogen and oxygen atoms in total. The summed E-state index contributed by atoms with van der Waals surface area (Å²) in [5.41, 5.74) is 3.99. The van der Waals surface area contributed by atoms with Crippen molar-refractivity contribution in [1.29, 1.82) is 0 Å². The highest BCUT2D eigenvalue weighted by Crippen LogP contribution is 2.27. The van der Waals surface area contributed by atoms with Gasteiger partial charge in [0.1, 0.15) is 0 Å². The van der Waals surface area contributed by atoms with Crippen LogP contribution in [-0.4, -0.2) is 70.6 Å². The molecule has 11 heteroatoms. The Morgan fingerprint density at radius 1 is 1.25 bits per heavy atom. The molecule has 0 bridgehead atoms. The quantitative estimate of drug-likeness (QED) is 0.598. The van der Waals surface area contributed by atoms with E-state index >= 15 is 0 Å². The lowest BCUT2D eigenvalue weighted by molar-refractivity contribution is -0.200. The molecule has 1 aliphatic heterocycles. The van der Waals surface area contributed by atoms with Crippen molar-refractivity contribution in [3.8, 4) is 11.1 Å². The number of halogens is 3. The molecule has 1 unspecified atom stereocenters. The van der Waals surface area contributed by atoms with Gasteiger partial charge in [0, 0.05) is 44.5 Å². The molecule has 1 aromatic heterocycles.